The van der Waals surface area contributed by atoms with Crippen molar-refractivity contribution in [1.82, 2.24) is 0 Å². The van der Waals surface area contributed by atoms with Crippen LogP contribution in [-0.4, -0.2) is 27.2 Å². The average Bonchev–Trinajstić information content (AvgIpc) is 2.81. The van der Waals surface area contributed by atoms with E-state index in [2.05, 4.69) is 0 Å². The van der Waals surface area contributed by atoms with Crippen LogP contribution in [0.15, 0.2) is 84.9 Å². The van der Waals surface area contributed by atoms with Crippen molar-refractivity contribution in [2.75, 3.05) is 12.8 Å². The number of benzene rings is 3. The summed E-state index contributed by atoms with van der Waals surface area (Å²) >= 11 is 0. The third-order valence-electron chi connectivity index (χ3n) is 5.40. The molecule has 0 heterocycles. The van der Waals surface area contributed by atoms with Gasteiger partial charge in [0.05, 0.1) is 12.7 Å². The topological polar surface area (TPSA) is 95.7 Å². The molecule has 3 aromatic carbocycles. The van der Waals surface area contributed by atoms with Gasteiger partial charge in [-0.2, -0.15) is 8.42 Å². The predicted octanol–water partition coefficient (Wildman–Crippen LogP) is 4.06. The first-order valence-corrected chi connectivity index (χ1v) is 12.6. The van der Waals surface area contributed by atoms with E-state index in [1.165, 1.54) is 0 Å². The van der Waals surface area contributed by atoms with E-state index >= 15 is 0 Å². The summed E-state index contributed by atoms with van der Waals surface area (Å²) in [5, 5.41) is 0. The van der Waals surface area contributed by atoms with Crippen LogP contribution in [0.25, 0.3) is 0 Å². The molecule has 0 spiro atoms. The van der Waals surface area contributed by atoms with Crippen molar-refractivity contribution in [3.05, 3.63) is 102 Å². The van der Waals surface area contributed by atoms with Crippen LogP contribution in [-0.2, 0) is 32.7 Å². The molecule has 33 heavy (non-hydrogen) atoms. The molecule has 0 saturated heterocycles. The average molecular weight is 468 g/mol. The van der Waals surface area contributed by atoms with Crippen LogP contribution >= 0.6 is 0 Å². The van der Waals surface area contributed by atoms with Gasteiger partial charge in [0.1, 0.15) is 12.4 Å². The van der Waals surface area contributed by atoms with Gasteiger partial charge in [-0.3, -0.25) is 4.79 Å². The van der Waals surface area contributed by atoms with Gasteiger partial charge >= 0.3 is 16.1 Å². The van der Waals surface area contributed by atoms with E-state index in [1.807, 2.05) is 72.8 Å². The van der Waals surface area contributed by atoms with E-state index in [4.69, 9.17) is 14.7 Å². The molecule has 0 radical (unpaired) electrons. The molecule has 0 aromatic heterocycles. The third-order valence-corrected chi connectivity index (χ3v) is 5.89. The highest BCUT2D eigenvalue weighted by Gasteiger charge is 2.26. The van der Waals surface area contributed by atoms with Gasteiger partial charge in [0, 0.05) is 0 Å². The second-order valence-electron chi connectivity index (χ2n) is 8.00. The second-order valence-corrected chi connectivity index (χ2v) is 9.57. The van der Waals surface area contributed by atoms with Crippen LogP contribution in [0.5, 0.6) is 5.75 Å². The Balaban J connectivity index is 1.77. The Morgan fingerprint density at radius 1 is 0.879 bits per heavy atom. The van der Waals surface area contributed by atoms with Crippen LogP contribution in [0, 0.1) is 5.92 Å². The van der Waals surface area contributed by atoms with Crippen molar-refractivity contribution in [1.29, 1.82) is 0 Å². The van der Waals surface area contributed by atoms with Crippen molar-refractivity contribution >= 4 is 16.1 Å². The summed E-state index contributed by atoms with van der Waals surface area (Å²) in [4.78, 5) is 12.6. The van der Waals surface area contributed by atoms with Crippen LogP contribution < -0.4 is 9.92 Å². The Labute approximate surface area is 195 Å². The fourth-order valence-electron chi connectivity index (χ4n) is 3.77. The van der Waals surface area contributed by atoms with Gasteiger partial charge in [-0.1, -0.05) is 72.8 Å². The van der Waals surface area contributed by atoms with Crippen molar-refractivity contribution in [3.8, 4) is 5.75 Å². The van der Waals surface area contributed by atoms with E-state index in [0.717, 1.165) is 22.9 Å². The van der Waals surface area contributed by atoms with Crippen molar-refractivity contribution in [2.45, 2.75) is 25.4 Å². The summed E-state index contributed by atoms with van der Waals surface area (Å²) in [6.45, 7) is 0.525. The number of rotatable bonds is 11. The molecule has 2 atom stereocenters. The van der Waals surface area contributed by atoms with E-state index in [9.17, 15) is 13.2 Å². The van der Waals surface area contributed by atoms with Gasteiger partial charge in [0.2, 0.25) is 0 Å². The molecule has 2 N–H and O–H groups in total. The summed E-state index contributed by atoms with van der Waals surface area (Å²) in [5.74, 6) is -0.278. The fraction of sp³-hybridized carbons (Fsp3) is 0.269. The van der Waals surface area contributed by atoms with Crippen LogP contribution in [0.2, 0.25) is 0 Å². The summed E-state index contributed by atoms with van der Waals surface area (Å²) < 4.78 is 33.3. The Kier molecular flexibility index (Phi) is 8.63. The molecule has 3 rings (SSSR count). The molecular weight excluding hydrogens is 438 g/mol. The van der Waals surface area contributed by atoms with Crippen LogP contribution in [0.1, 0.15) is 29.0 Å². The Hall–Kier alpha value is -3.16. The van der Waals surface area contributed by atoms with E-state index in [0.29, 0.717) is 13.0 Å². The Morgan fingerprint density at radius 3 is 2.00 bits per heavy atom. The summed E-state index contributed by atoms with van der Waals surface area (Å²) in [5.41, 5.74) is 9.12. The highest BCUT2D eigenvalue weighted by atomic mass is 32.2. The predicted molar refractivity (Wildman–Crippen MR) is 128 cm³/mol. The van der Waals surface area contributed by atoms with Gasteiger partial charge in [0.25, 0.3) is 0 Å². The van der Waals surface area contributed by atoms with Crippen molar-refractivity contribution < 1.29 is 22.1 Å². The minimum Gasteiger partial charge on any atom is -0.461 e. The van der Waals surface area contributed by atoms with Gasteiger partial charge < -0.3 is 14.7 Å². The molecule has 0 aliphatic rings. The zero-order chi connectivity index (χ0) is 23.7. The zero-order valence-electron chi connectivity index (χ0n) is 18.6. The Bertz CT molecular complexity index is 1120. The molecule has 174 valence electrons. The van der Waals surface area contributed by atoms with Crippen molar-refractivity contribution in [3.63, 3.8) is 0 Å². The quantitative estimate of drug-likeness (QED) is 0.338. The molecule has 0 aliphatic heterocycles. The first-order valence-electron chi connectivity index (χ1n) is 10.8. The van der Waals surface area contributed by atoms with E-state index in [-0.39, 0.29) is 36.6 Å². The maximum atomic E-state index is 12.6. The van der Waals surface area contributed by atoms with E-state index < -0.39 is 10.1 Å². The maximum Gasteiger partial charge on any atom is 0.306 e. The molecule has 2 unspecified atom stereocenters. The first-order chi connectivity index (χ1) is 15.8. The van der Waals surface area contributed by atoms with Crippen LogP contribution in [0.4, 0.5) is 0 Å². The maximum absolute atomic E-state index is 12.6. The fourth-order valence-corrected chi connectivity index (χ4v) is 4.23. The number of hydrogen-bond donors (Lipinski definition) is 1. The molecule has 3 aromatic rings. The SMILES string of the molecule is CS(=O)(=O)Oc1ccc(C(Cc2ccccc2)C(CN)CC(=O)OCc2ccccc2)cc1. The van der Waals surface area contributed by atoms with Gasteiger partial charge in [-0.25, -0.2) is 0 Å². The van der Waals surface area contributed by atoms with Gasteiger partial charge in [-0.15, -0.1) is 0 Å². The number of nitrogens with two attached hydrogens (primary N) is 1. The highest BCUT2D eigenvalue weighted by Crippen LogP contribution is 2.32. The summed E-state index contributed by atoms with van der Waals surface area (Å²) in [6.07, 6.45) is 1.87. The molecule has 6 nitrogen and oxygen atoms in total. The zero-order valence-corrected chi connectivity index (χ0v) is 19.4. The standard InChI is InChI=1S/C26H29NO5S/c1-33(29,30)32-24-14-12-22(13-15-24)25(16-20-8-4-2-5-9-20)23(18-27)17-26(28)31-19-21-10-6-3-7-11-21/h2-15,23,25H,16-19,27H2,1H3. The van der Waals surface area contributed by atoms with Gasteiger partial charge in [-0.05, 0) is 53.6 Å². The molecule has 0 fully saturated rings. The lowest BCUT2D eigenvalue weighted by Crippen LogP contribution is -2.27. The summed E-state index contributed by atoms with van der Waals surface area (Å²) in [6, 6.07) is 26.4. The minimum absolute atomic E-state index is 0.0611. The molecule has 7 heteroatoms. The van der Waals surface area contributed by atoms with Crippen molar-refractivity contribution in [2.24, 2.45) is 11.7 Å². The molecule has 0 aliphatic carbocycles. The number of carbonyl (C=O) groups is 1. The lowest BCUT2D eigenvalue weighted by molar-refractivity contribution is -0.146. The smallest absolute Gasteiger partial charge is 0.306 e. The Morgan fingerprint density at radius 2 is 1.45 bits per heavy atom. The largest absolute Gasteiger partial charge is 0.461 e. The number of ether oxygens (including phenoxy) is 1. The highest BCUT2D eigenvalue weighted by molar-refractivity contribution is 7.86. The summed E-state index contributed by atoms with van der Waals surface area (Å²) in [7, 11) is -3.61. The first kappa shape index (κ1) is 24.5. The normalized spacial score (nSPS) is 13.2. The molecular formula is C26H29NO5S. The van der Waals surface area contributed by atoms with Crippen LogP contribution in [0.3, 0.4) is 0 Å². The molecule has 0 saturated carbocycles. The van der Waals surface area contributed by atoms with Gasteiger partial charge in [0.15, 0.2) is 0 Å². The lowest BCUT2D eigenvalue weighted by atomic mass is 9.80. The third kappa shape index (κ3) is 8.04. The number of carbonyl (C=O) groups excluding carboxylic acids is 1. The monoisotopic (exact) mass is 467 g/mol. The van der Waals surface area contributed by atoms with E-state index in [1.54, 1.807) is 12.1 Å². The number of esters is 1. The second kappa shape index (κ2) is 11.6. The lowest BCUT2D eigenvalue weighted by Gasteiger charge is -2.26. The molecule has 0 bridgehead atoms. The number of hydrogen-bond acceptors (Lipinski definition) is 6. The molecule has 0 amide bonds. The minimum atomic E-state index is -3.61.